The maximum atomic E-state index is 12.7. The fraction of sp³-hybridized carbons (Fsp3) is 0.421. The number of aromatic nitrogens is 3. The number of hydrogen-bond acceptors (Lipinski definition) is 4. The Kier molecular flexibility index (Phi) is 3.82. The van der Waals surface area contributed by atoms with E-state index >= 15 is 0 Å². The largest absolute Gasteiger partial charge is 0.464 e. The van der Waals surface area contributed by atoms with Crippen LogP contribution in [-0.4, -0.2) is 32.6 Å². The fourth-order valence-electron chi connectivity index (χ4n) is 3.45. The highest BCUT2D eigenvalue weighted by Gasteiger charge is 2.21. The van der Waals surface area contributed by atoms with Crippen LogP contribution in [-0.2, 0) is 30.7 Å². The lowest BCUT2D eigenvalue weighted by molar-refractivity contribution is -0.129. The molecule has 0 saturated carbocycles. The molecular weight excluding hydrogens is 316 g/mol. The predicted molar refractivity (Wildman–Crippen MR) is 94.2 cm³/mol. The zero-order valence-corrected chi connectivity index (χ0v) is 14.9. The maximum Gasteiger partial charge on any atom is 0.227 e. The fourth-order valence-corrected chi connectivity index (χ4v) is 3.45. The molecule has 1 amide bonds. The van der Waals surface area contributed by atoms with E-state index < -0.39 is 0 Å². The zero-order valence-electron chi connectivity index (χ0n) is 14.9. The number of benzene rings is 1. The van der Waals surface area contributed by atoms with Crippen LogP contribution in [0.4, 0.5) is 0 Å². The number of hydrogen-bond donors (Lipinski definition) is 0. The summed E-state index contributed by atoms with van der Waals surface area (Å²) in [6.45, 7) is 5.54. The van der Waals surface area contributed by atoms with Crippen LogP contribution in [0, 0.1) is 13.8 Å². The Morgan fingerprint density at radius 1 is 1.32 bits per heavy atom. The van der Waals surface area contributed by atoms with E-state index in [9.17, 15) is 4.79 Å². The van der Waals surface area contributed by atoms with Gasteiger partial charge in [-0.2, -0.15) is 0 Å². The molecule has 6 nitrogen and oxygen atoms in total. The van der Waals surface area contributed by atoms with E-state index in [1.165, 1.54) is 5.56 Å². The molecule has 1 aliphatic rings. The van der Waals surface area contributed by atoms with Crippen molar-refractivity contribution in [3.63, 3.8) is 0 Å². The Labute approximate surface area is 146 Å². The van der Waals surface area contributed by atoms with Crippen LogP contribution in [0.25, 0.3) is 11.0 Å². The lowest BCUT2D eigenvalue weighted by atomic mass is 10.0. The summed E-state index contributed by atoms with van der Waals surface area (Å²) in [5, 5.41) is 9.45. The minimum atomic E-state index is 0.0521. The molecule has 4 rings (SSSR count). The summed E-state index contributed by atoms with van der Waals surface area (Å²) in [5.41, 5.74) is 4.13. The van der Waals surface area contributed by atoms with Gasteiger partial charge in [0.15, 0.2) is 5.82 Å². The number of fused-ring (bicyclic) bond motifs is 2. The highest BCUT2D eigenvalue weighted by atomic mass is 16.3. The van der Waals surface area contributed by atoms with Crippen molar-refractivity contribution in [3.05, 3.63) is 46.7 Å². The van der Waals surface area contributed by atoms with Crippen molar-refractivity contribution >= 4 is 16.9 Å². The van der Waals surface area contributed by atoms with Crippen LogP contribution < -0.4 is 0 Å². The molecule has 3 heterocycles. The van der Waals surface area contributed by atoms with Crippen LogP contribution >= 0.6 is 0 Å². The van der Waals surface area contributed by atoms with E-state index in [0.29, 0.717) is 13.0 Å². The third-order valence-electron chi connectivity index (χ3n) is 5.17. The Morgan fingerprint density at radius 2 is 2.16 bits per heavy atom. The summed E-state index contributed by atoms with van der Waals surface area (Å²) >= 11 is 0. The molecule has 0 N–H and O–H groups in total. The monoisotopic (exact) mass is 338 g/mol. The molecular formula is C19H22N4O2. The SMILES string of the molecule is Cc1ccc2c(CC(=O)N(C)Cc3nnc4n3CCC4)coc2c1C. The first-order chi connectivity index (χ1) is 12.0. The van der Waals surface area contributed by atoms with Crippen LogP contribution in [0.5, 0.6) is 0 Å². The van der Waals surface area contributed by atoms with Gasteiger partial charge >= 0.3 is 0 Å². The third kappa shape index (κ3) is 2.71. The van der Waals surface area contributed by atoms with Crippen molar-refractivity contribution in [3.8, 4) is 0 Å². The molecule has 0 radical (unpaired) electrons. The standard InChI is InChI=1S/C19H22N4O2/c1-12-6-7-15-14(11-25-19(15)13(12)2)9-18(24)22(3)10-17-21-20-16-5-4-8-23(16)17/h6-7,11H,4-5,8-10H2,1-3H3. The Bertz CT molecular complexity index is 954. The summed E-state index contributed by atoms with van der Waals surface area (Å²) in [4.78, 5) is 14.4. The Hall–Kier alpha value is -2.63. The first-order valence-electron chi connectivity index (χ1n) is 8.66. The van der Waals surface area contributed by atoms with E-state index in [1.54, 1.807) is 11.2 Å². The topological polar surface area (TPSA) is 64.2 Å². The number of amides is 1. The van der Waals surface area contributed by atoms with Crippen molar-refractivity contribution in [2.45, 2.75) is 46.2 Å². The number of rotatable bonds is 4. The van der Waals surface area contributed by atoms with Gasteiger partial charge in [-0.3, -0.25) is 4.79 Å². The number of carbonyl (C=O) groups is 1. The van der Waals surface area contributed by atoms with Gasteiger partial charge in [-0.05, 0) is 31.4 Å². The van der Waals surface area contributed by atoms with Gasteiger partial charge in [0, 0.05) is 31.0 Å². The van der Waals surface area contributed by atoms with Gasteiger partial charge in [0.1, 0.15) is 11.4 Å². The van der Waals surface area contributed by atoms with Gasteiger partial charge in [0.25, 0.3) is 0 Å². The van der Waals surface area contributed by atoms with Crippen molar-refractivity contribution in [1.82, 2.24) is 19.7 Å². The normalized spacial score (nSPS) is 13.4. The second-order valence-corrected chi connectivity index (χ2v) is 6.86. The molecule has 0 bridgehead atoms. The lowest BCUT2D eigenvalue weighted by Gasteiger charge is -2.16. The summed E-state index contributed by atoms with van der Waals surface area (Å²) in [7, 11) is 1.82. The second kappa shape index (κ2) is 6.02. The van der Waals surface area contributed by atoms with Crippen molar-refractivity contribution in [2.75, 3.05) is 7.05 Å². The molecule has 0 saturated heterocycles. The Morgan fingerprint density at radius 3 is 3.00 bits per heavy atom. The second-order valence-electron chi connectivity index (χ2n) is 6.86. The summed E-state index contributed by atoms with van der Waals surface area (Å²) in [6, 6.07) is 4.11. The van der Waals surface area contributed by atoms with Crippen LogP contribution in [0.2, 0.25) is 0 Å². The molecule has 25 heavy (non-hydrogen) atoms. The first-order valence-corrected chi connectivity index (χ1v) is 8.66. The molecule has 0 fully saturated rings. The smallest absolute Gasteiger partial charge is 0.227 e. The zero-order chi connectivity index (χ0) is 17.6. The van der Waals surface area contributed by atoms with Gasteiger partial charge in [0.2, 0.25) is 5.91 Å². The highest BCUT2D eigenvalue weighted by molar-refractivity contribution is 5.89. The van der Waals surface area contributed by atoms with Crippen molar-refractivity contribution in [2.24, 2.45) is 0 Å². The van der Waals surface area contributed by atoms with Crippen molar-refractivity contribution in [1.29, 1.82) is 0 Å². The van der Waals surface area contributed by atoms with Gasteiger partial charge in [-0.15, -0.1) is 10.2 Å². The Balaban J connectivity index is 1.51. The molecule has 0 aliphatic carbocycles. The van der Waals surface area contributed by atoms with Gasteiger partial charge in [-0.1, -0.05) is 12.1 Å². The lowest BCUT2D eigenvalue weighted by Crippen LogP contribution is -2.29. The molecule has 1 aromatic carbocycles. The molecule has 3 aromatic rings. The maximum absolute atomic E-state index is 12.7. The minimum Gasteiger partial charge on any atom is -0.464 e. The summed E-state index contributed by atoms with van der Waals surface area (Å²) in [5.74, 6) is 1.95. The average molecular weight is 338 g/mol. The average Bonchev–Trinajstić information content (AvgIpc) is 3.29. The van der Waals surface area contributed by atoms with Gasteiger partial charge in [0.05, 0.1) is 19.2 Å². The molecule has 2 aromatic heterocycles. The predicted octanol–water partition coefficient (Wildman–Crippen LogP) is 2.79. The van der Waals surface area contributed by atoms with Gasteiger partial charge < -0.3 is 13.9 Å². The summed E-state index contributed by atoms with van der Waals surface area (Å²) < 4.78 is 7.84. The van der Waals surface area contributed by atoms with Crippen LogP contribution in [0.15, 0.2) is 22.8 Å². The number of furan rings is 1. The third-order valence-corrected chi connectivity index (χ3v) is 5.17. The molecule has 1 aliphatic heterocycles. The number of nitrogens with zero attached hydrogens (tertiary/aromatic N) is 4. The highest BCUT2D eigenvalue weighted by Crippen LogP contribution is 2.27. The number of carbonyl (C=O) groups excluding carboxylic acids is 1. The van der Waals surface area contributed by atoms with Crippen LogP contribution in [0.3, 0.4) is 0 Å². The number of aryl methyl sites for hydroxylation is 3. The van der Waals surface area contributed by atoms with E-state index in [2.05, 4.69) is 27.8 Å². The molecule has 0 atom stereocenters. The van der Waals surface area contributed by atoms with E-state index in [0.717, 1.165) is 53.1 Å². The van der Waals surface area contributed by atoms with Crippen molar-refractivity contribution < 1.29 is 9.21 Å². The van der Waals surface area contributed by atoms with E-state index in [-0.39, 0.29) is 5.91 Å². The van der Waals surface area contributed by atoms with Crippen LogP contribution in [0.1, 0.15) is 34.8 Å². The van der Waals surface area contributed by atoms with Gasteiger partial charge in [-0.25, -0.2) is 0 Å². The van der Waals surface area contributed by atoms with E-state index in [1.807, 2.05) is 20.0 Å². The molecule has 0 unspecified atom stereocenters. The minimum absolute atomic E-state index is 0.0521. The van der Waals surface area contributed by atoms with E-state index in [4.69, 9.17) is 4.42 Å². The summed E-state index contributed by atoms with van der Waals surface area (Å²) in [6.07, 6.45) is 4.12. The quantitative estimate of drug-likeness (QED) is 0.734. The molecule has 130 valence electrons. The first kappa shape index (κ1) is 15.9. The molecule has 0 spiro atoms. The molecule has 6 heteroatoms. The number of likely N-dealkylation sites (N-methyl/N-ethyl adjacent to an activating group) is 1.